The third-order valence-corrected chi connectivity index (χ3v) is 7.84. The monoisotopic (exact) mass is 496 g/mol. The molecule has 0 spiro atoms. The first kappa shape index (κ1) is 27.9. The summed E-state index contributed by atoms with van der Waals surface area (Å²) in [7, 11) is 0. The van der Waals surface area contributed by atoms with E-state index in [9.17, 15) is 14.4 Å². The van der Waals surface area contributed by atoms with Crippen LogP contribution in [-0.2, 0) is 14.4 Å². The second-order valence-corrected chi connectivity index (χ2v) is 10.4. The van der Waals surface area contributed by atoms with E-state index in [-0.39, 0.29) is 29.6 Å². The molecule has 0 unspecified atom stereocenters. The van der Waals surface area contributed by atoms with Crippen molar-refractivity contribution < 1.29 is 14.4 Å². The average molecular weight is 497 g/mol. The number of amides is 3. The molecule has 3 atom stereocenters. The van der Waals surface area contributed by atoms with Crippen LogP contribution >= 0.6 is 0 Å². The van der Waals surface area contributed by atoms with Crippen LogP contribution in [0.15, 0.2) is 35.9 Å². The van der Waals surface area contributed by atoms with Gasteiger partial charge in [0.15, 0.2) is 0 Å². The molecule has 1 aliphatic carbocycles. The lowest BCUT2D eigenvalue weighted by molar-refractivity contribution is -0.133. The number of hydrogen-bond donors (Lipinski definition) is 3. The maximum absolute atomic E-state index is 13.1. The van der Waals surface area contributed by atoms with Gasteiger partial charge in [0.05, 0.1) is 6.04 Å². The van der Waals surface area contributed by atoms with Crippen molar-refractivity contribution in [2.45, 2.75) is 96.6 Å². The quantitative estimate of drug-likeness (QED) is 0.364. The highest BCUT2D eigenvalue weighted by Crippen LogP contribution is 2.27. The van der Waals surface area contributed by atoms with Gasteiger partial charge in [0, 0.05) is 31.6 Å². The highest BCUT2D eigenvalue weighted by molar-refractivity contribution is 5.97. The Kier molecular flexibility index (Phi) is 10.5. The fourth-order valence-electron chi connectivity index (χ4n) is 5.44. The van der Waals surface area contributed by atoms with Gasteiger partial charge in [-0.2, -0.15) is 0 Å². The van der Waals surface area contributed by atoms with Gasteiger partial charge in [0.1, 0.15) is 6.04 Å². The number of hydrogen-bond acceptors (Lipinski definition) is 4. The smallest absolute Gasteiger partial charge is 0.247 e. The van der Waals surface area contributed by atoms with Gasteiger partial charge in [-0.05, 0) is 55.7 Å². The molecule has 3 rings (SSSR count). The molecule has 7 heteroatoms. The third-order valence-electron chi connectivity index (χ3n) is 7.84. The summed E-state index contributed by atoms with van der Waals surface area (Å²) in [5.41, 5.74) is 9.46. The summed E-state index contributed by atoms with van der Waals surface area (Å²) in [5, 5.41) is 5.87. The number of anilines is 1. The molecule has 0 saturated heterocycles. The largest absolute Gasteiger partial charge is 0.344 e. The van der Waals surface area contributed by atoms with Crippen LogP contribution in [0.2, 0.25) is 0 Å². The van der Waals surface area contributed by atoms with Crippen LogP contribution in [0.25, 0.3) is 0 Å². The van der Waals surface area contributed by atoms with Crippen LogP contribution in [0.3, 0.4) is 0 Å². The number of carbonyl (C=O) groups excluding carboxylic acids is 3. The van der Waals surface area contributed by atoms with Gasteiger partial charge in [-0.15, -0.1) is 0 Å². The van der Waals surface area contributed by atoms with E-state index in [1.165, 1.54) is 25.3 Å². The van der Waals surface area contributed by atoms with Gasteiger partial charge >= 0.3 is 0 Å². The molecular weight excluding hydrogens is 452 g/mol. The van der Waals surface area contributed by atoms with Gasteiger partial charge in [0.25, 0.3) is 0 Å². The van der Waals surface area contributed by atoms with Crippen LogP contribution in [0.1, 0.15) is 90.0 Å². The van der Waals surface area contributed by atoms with Crippen molar-refractivity contribution in [3.63, 3.8) is 0 Å². The number of nitrogens with two attached hydrogens (primary N) is 1. The van der Waals surface area contributed by atoms with Crippen molar-refractivity contribution in [2.24, 2.45) is 11.7 Å². The summed E-state index contributed by atoms with van der Waals surface area (Å²) in [4.78, 5) is 39.9. The number of benzene rings is 1. The first-order chi connectivity index (χ1) is 17.3. The Hall–Kier alpha value is -2.67. The van der Waals surface area contributed by atoms with Crippen LogP contribution in [0.5, 0.6) is 0 Å². The summed E-state index contributed by atoms with van der Waals surface area (Å²) < 4.78 is 0. The molecule has 36 heavy (non-hydrogen) atoms. The van der Waals surface area contributed by atoms with Gasteiger partial charge < -0.3 is 21.3 Å². The lowest BCUT2D eigenvalue weighted by atomic mass is 9.90. The predicted octanol–water partition coefficient (Wildman–Crippen LogP) is 4.49. The lowest BCUT2D eigenvalue weighted by Gasteiger charge is -2.28. The van der Waals surface area contributed by atoms with Crippen molar-refractivity contribution in [1.82, 2.24) is 10.2 Å². The molecule has 1 fully saturated rings. The fraction of sp³-hybridized carbons (Fsp3) is 0.621. The highest BCUT2D eigenvalue weighted by atomic mass is 16.2. The second-order valence-electron chi connectivity index (χ2n) is 10.4. The molecular formula is C29H44N4O3. The van der Waals surface area contributed by atoms with E-state index in [4.69, 9.17) is 5.73 Å². The molecule has 1 heterocycles. The highest BCUT2D eigenvalue weighted by Gasteiger charge is 2.30. The van der Waals surface area contributed by atoms with Crippen molar-refractivity contribution in [1.29, 1.82) is 0 Å². The molecule has 3 amide bonds. The maximum atomic E-state index is 13.1. The van der Waals surface area contributed by atoms with E-state index in [0.29, 0.717) is 12.2 Å². The molecule has 0 aromatic heterocycles. The number of carbonyl (C=O) groups is 3. The van der Waals surface area contributed by atoms with E-state index in [0.717, 1.165) is 57.1 Å². The molecule has 1 aromatic rings. The maximum Gasteiger partial charge on any atom is 0.247 e. The Balaban J connectivity index is 1.61. The van der Waals surface area contributed by atoms with E-state index >= 15 is 0 Å². The number of rotatable bonds is 8. The first-order valence-corrected chi connectivity index (χ1v) is 13.7. The molecule has 4 N–H and O–H groups in total. The summed E-state index contributed by atoms with van der Waals surface area (Å²) in [6.45, 7) is 7.02. The van der Waals surface area contributed by atoms with E-state index in [1.54, 1.807) is 0 Å². The van der Waals surface area contributed by atoms with Gasteiger partial charge in [0.2, 0.25) is 17.7 Å². The summed E-state index contributed by atoms with van der Waals surface area (Å²) >= 11 is 0. The molecule has 0 radical (unpaired) electrons. The Morgan fingerprint density at radius 2 is 1.72 bits per heavy atom. The van der Waals surface area contributed by atoms with E-state index in [2.05, 4.69) is 23.6 Å². The molecule has 0 bridgehead atoms. The molecule has 2 aliphatic rings. The second kappa shape index (κ2) is 13.6. The molecule has 1 saturated carbocycles. The minimum Gasteiger partial charge on any atom is -0.344 e. The fourth-order valence-corrected chi connectivity index (χ4v) is 5.44. The van der Waals surface area contributed by atoms with Crippen LogP contribution < -0.4 is 16.4 Å². The Labute approximate surface area is 216 Å². The Morgan fingerprint density at radius 3 is 2.33 bits per heavy atom. The number of nitrogens with one attached hydrogen (secondary N) is 2. The van der Waals surface area contributed by atoms with Crippen molar-refractivity contribution in [3.05, 3.63) is 41.5 Å². The van der Waals surface area contributed by atoms with Gasteiger partial charge in [-0.1, -0.05) is 63.3 Å². The van der Waals surface area contributed by atoms with Crippen LogP contribution in [0.4, 0.5) is 5.69 Å². The average Bonchev–Trinajstić information content (AvgIpc) is 3.29. The lowest BCUT2D eigenvalue weighted by Crippen LogP contribution is -2.47. The zero-order valence-corrected chi connectivity index (χ0v) is 22.2. The van der Waals surface area contributed by atoms with Crippen LogP contribution in [-0.4, -0.2) is 47.8 Å². The van der Waals surface area contributed by atoms with E-state index in [1.807, 2.05) is 36.1 Å². The number of nitrogens with zero attached hydrogens (tertiary/aromatic N) is 1. The van der Waals surface area contributed by atoms with Crippen molar-refractivity contribution in [3.8, 4) is 0 Å². The topological polar surface area (TPSA) is 105 Å². The zero-order chi connectivity index (χ0) is 26.1. The van der Waals surface area contributed by atoms with Crippen LogP contribution in [0, 0.1) is 5.92 Å². The van der Waals surface area contributed by atoms with Crippen molar-refractivity contribution in [2.75, 3.05) is 18.4 Å². The third kappa shape index (κ3) is 7.66. The predicted molar refractivity (Wildman–Crippen MR) is 144 cm³/mol. The first-order valence-electron chi connectivity index (χ1n) is 13.7. The van der Waals surface area contributed by atoms with E-state index < -0.39 is 12.1 Å². The summed E-state index contributed by atoms with van der Waals surface area (Å²) in [5.74, 6) is -0.365. The molecule has 198 valence electrons. The molecule has 1 aromatic carbocycles. The Morgan fingerprint density at radius 1 is 1.06 bits per heavy atom. The molecule has 1 aliphatic heterocycles. The minimum atomic E-state index is -0.618. The van der Waals surface area contributed by atoms with Gasteiger partial charge in [-0.25, -0.2) is 0 Å². The normalized spacial score (nSPS) is 19.8. The minimum absolute atomic E-state index is 0.00724. The van der Waals surface area contributed by atoms with Crippen molar-refractivity contribution >= 4 is 23.4 Å². The SMILES string of the molecule is CCC1=CCCN(C(=O)[C@H](N)[C@@H](C)c2ccc(NC(=O)[C@@H](NC(C)=O)C3CCCCCC3)cc2)CC1. The Bertz CT molecular complexity index is 919. The standard InChI is InChI=1S/C29H44N4O3/c1-4-22-10-9-18-33(19-17-22)29(36)26(30)20(2)23-13-15-25(16-14-23)32-28(35)27(31-21(3)34)24-11-7-5-6-8-12-24/h10,13-16,20,24,26-27H,4-9,11-12,17-19,30H2,1-3H3,(H,31,34)(H,32,35)/t20-,26+,27-/m0/s1. The summed E-state index contributed by atoms with van der Waals surface area (Å²) in [6.07, 6.45) is 11.5. The molecule has 7 nitrogen and oxygen atoms in total. The zero-order valence-electron chi connectivity index (χ0n) is 22.2. The summed E-state index contributed by atoms with van der Waals surface area (Å²) in [6, 6.07) is 6.40. The van der Waals surface area contributed by atoms with Gasteiger partial charge in [-0.3, -0.25) is 14.4 Å².